The van der Waals surface area contributed by atoms with Gasteiger partial charge in [-0.1, -0.05) is 31.2 Å². The molecule has 2 atom stereocenters. The van der Waals surface area contributed by atoms with Gasteiger partial charge < -0.3 is 10.6 Å². The Balaban J connectivity index is 0.00000220. The Labute approximate surface area is 146 Å². The first-order valence-corrected chi connectivity index (χ1v) is 7.79. The van der Waals surface area contributed by atoms with Gasteiger partial charge in [-0.2, -0.15) is 0 Å². The fraction of sp³-hybridized carbons (Fsp3) is 0.588. The molecule has 0 bridgehead atoms. The molecule has 1 aromatic rings. The van der Waals surface area contributed by atoms with Crippen molar-refractivity contribution in [1.82, 2.24) is 10.6 Å². The SMILES string of the molecule is CCC(C)NC(=NC)NCC1CCCc2ccccc21.I. The lowest BCUT2D eigenvalue weighted by atomic mass is 9.83. The lowest BCUT2D eigenvalue weighted by Crippen LogP contribution is -2.43. The van der Waals surface area contributed by atoms with Crippen molar-refractivity contribution in [1.29, 1.82) is 0 Å². The molecule has 0 amide bonds. The minimum atomic E-state index is 0. The van der Waals surface area contributed by atoms with E-state index in [-0.39, 0.29) is 24.0 Å². The van der Waals surface area contributed by atoms with Crippen LogP contribution in [0.3, 0.4) is 0 Å². The molecule has 1 aliphatic carbocycles. The van der Waals surface area contributed by atoms with E-state index in [1.165, 1.54) is 30.4 Å². The highest BCUT2D eigenvalue weighted by Gasteiger charge is 2.19. The average Bonchev–Trinajstić information content (AvgIpc) is 2.51. The third-order valence-electron chi connectivity index (χ3n) is 4.23. The Hall–Kier alpha value is -0.780. The highest BCUT2D eigenvalue weighted by Crippen LogP contribution is 2.30. The molecular formula is C17H28IN3. The van der Waals surface area contributed by atoms with Gasteiger partial charge in [0.25, 0.3) is 0 Å². The number of aliphatic imine (C=N–C) groups is 1. The zero-order chi connectivity index (χ0) is 14.4. The summed E-state index contributed by atoms with van der Waals surface area (Å²) in [5, 5.41) is 6.90. The number of hydrogen-bond acceptors (Lipinski definition) is 1. The predicted molar refractivity (Wildman–Crippen MR) is 102 cm³/mol. The van der Waals surface area contributed by atoms with E-state index >= 15 is 0 Å². The number of aryl methyl sites for hydroxylation is 1. The smallest absolute Gasteiger partial charge is 0.191 e. The second-order valence-electron chi connectivity index (χ2n) is 5.69. The Morgan fingerprint density at radius 3 is 2.86 bits per heavy atom. The van der Waals surface area contributed by atoms with Crippen LogP contribution in [0.25, 0.3) is 0 Å². The summed E-state index contributed by atoms with van der Waals surface area (Å²) in [6.45, 7) is 5.33. The Morgan fingerprint density at radius 2 is 2.14 bits per heavy atom. The van der Waals surface area contributed by atoms with Crippen LogP contribution >= 0.6 is 24.0 Å². The highest BCUT2D eigenvalue weighted by molar-refractivity contribution is 14.0. The van der Waals surface area contributed by atoms with Crippen LogP contribution in [-0.2, 0) is 6.42 Å². The van der Waals surface area contributed by atoms with Gasteiger partial charge in [0.1, 0.15) is 0 Å². The Morgan fingerprint density at radius 1 is 1.38 bits per heavy atom. The summed E-state index contributed by atoms with van der Waals surface area (Å²) in [4.78, 5) is 4.31. The molecule has 2 N–H and O–H groups in total. The second kappa shape index (κ2) is 9.28. The molecule has 3 nitrogen and oxygen atoms in total. The minimum Gasteiger partial charge on any atom is -0.356 e. The fourth-order valence-electron chi connectivity index (χ4n) is 2.82. The van der Waals surface area contributed by atoms with E-state index in [0.717, 1.165) is 18.9 Å². The number of hydrogen-bond donors (Lipinski definition) is 2. The lowest BCUT2D eigenvalue weighted by molar-refractivity contribution is 0.534. The van der Waals surface area contributed by atoms with Gasteiger partial charge in [-0.3, -0.25) is 4.99 Å². The molecule has 0 heterocycles. The normalized spacial score (nSPS) is 19.2. The molecule has 0 aromatic heterocycles. The van der Waals surface area contributed by atoms with Gasteiger partial charge in [0.2, 0.25) is 0 Å². The van der Waals surface area contributed by atoms with Gasteiger partial charge in [-0.15, -0.1) is 24.0 Å². The van der Waals surface area contributed by atoms with Gasteiger partial charge >= 0.3 is 0 Å². The lowest BCUT2D eigenvalue weighted by Gasteiger charge is -2.27. The van der Waals surface area contributed by atoms with Crippen LogP contribution in [0.4, 0.5) is 0 Å². The summed E-state index contributed by atoms with van der Waals surface area (Å²) in [6.07, 6.45) is 4.89. The largest absolute Gasteiger partial charge is 0.356 e. The first-order valence-electron chi connectivity index (χ1n) is 7.79. The molecule has 0 radical (unpaired) electrons. The van der Waals surface area contributed by atoms with Crippen LogP contribution in [0, 0.1) is 0 Å². The van der Waals surface area contributed by atoms with Gasteiger partial charge in [-0.25, -0.2) is 0 Å². The molecule has 0 spiro atoms. The van der Waals surface area contributed by atoms with Crippen molar-refractivity contribution in [3.63, 3.8) is 0 Å². The minimum absolute atomic E-state index is 0. The molecule has 1 aliphatic rings. The van der Waals surface area contributed by atoms with Crippen molar-refractivity contribution in [2.45, 2.75) is 51.5 Å². The summed E-state index contributed by atoms with van der Waals surface area (Å²) in [5.41, 5.74) is 3.04. The molecule has 0 saturated heterocycles. The van der Waals surface area contributed by atoms with E-state index in [0.29, 0.717) is 12.0 Å². The van der Waals surface area contributed by atoms with Crippen molar-refractivity contribution in [2.75, 3.05) is 13.6 Å². The molecule has 1 aromatic carbocycles. The maximum absolute atomic E-state index is 4.31. The van der Waals surface area contributed by atoms with Gasteiger partial charge in [-0.05, 0) is 43.7 Å². The van der Waals surface area contributed by atoms with Gasteiger partial charge in [0.05, 0.1) is 0 Å². The van der Waals surface area contributed by atoms with Crippen LogP contribution in [0.15, 0.2) is 29.3 Å². The Kier molecular flexibility index (Phi) is 8.07. The second-order valence-corrected chi connectivity index (χ2v) is 5.69. The van der Waals surface area contributed by atoms with E-state index in [1.807, 2.05) is 7.05 Å². The molecular weight excluding hydrogens is 373 g/mol. The van der Waals surface area contributed by atoms with Crippen molar-refractivity contribution >= 4 is 29.9 Å². The summed E-state index contributed by atoms with van der Waals surface area (Å²) in [6, 6.07) is 9.32. The van der Waals surface area contributed by atoms with Crippen molar-refractivity contribution in [3.05, 3.63) is 35.4 Å². The van der Waals surface area contributed by atoms with Gasteiger partial charge in [0.15, 0.2) is 5.96 Å². The third kappa shape index (κ3) is 5.16. The van der Waals surface area contributed by atoms with E-state index in [4.69, 9.17) is 0 Å². The number of nitrogens with one attached hydrogen (secondary N) is 2. The number of rotatable bonds is 4. The van der Waals surface area contributed by atoms with E-state index in [9.17, 15) is 0 Å². The number of benzene rings is 1. The number of halogens is 1. The summed E-state index contributed by atoms with van der Waals surface area (Å²) < 4.78 is 0. The summed E-state index contributed by atoms with van der Waals surface area (Å²) in [7, 11) is 1.84. The molecule has 21 heavy (non-hydrogen) atoms. The third-order valence-corrected chi connectivity index (χ3v) is 4.23. The fourth-order valence-corrected chi connectivity index (χ4v) is 2.82. The zero-order valence-electron chi connectivity index (χ0n) is 13.4. The molecule has 0 aliphatic heterocycles. The summed E-state index contributed by atoms with van der Waals surface area (Å²) >= 11 is 0. The van der Waals surface area contributed by atoms with Crippen molar-refractivity contribution in [2.24, 2.45) is 4.99 Å². The number of guanidine groups is 1. The van der Waals surface area contributed by atoms with E-state index in [1.54, 1.807) is 0 Å². The average molecular weight is 401 g/mol. The topological polar surface area (TPSA) is 36.4 Å². The first kappa shape index (κ1) is 18.3. The predicted octanol–water partition coefficient (Wildman–Crippen LogP) is 3.69. The molecule has 4 heteroatoms. The molecule has 118 valence electrons. The van der Waals surface area contributed by atoms with Crippen LogP contribution in [0.2, 0.25) is 0 Å². The van der Waals surface area contributed by atoms with Gasteiger partial charge in [0, 0.05) is 25.6 Å². The Bertz CT molecular complexity index is 459. The maximum atomic E-state index is 4.31. The maximum Gasteiger partial charge on any atom is 0.191 e. The molecule has 2 unspecified atom stereocenters. The standard InChI is InChI=1S/C17H27N3.HI/c1-4-13(2)20-17(18-3)19-12-15-10-7-9-14-8-5-6-11-16(14)15;/h5-6,8,11,13,15H,4,7,9-10,12H2,1-3H3,(H2,18,19,20);1H. The van der Waals surface area contributed by atoms with Crippen LogP contribution < -0.4 is 10.6 Å². The highest BCUT2D eigenvalue weighted by atomic mass is 127. The molecule has 0 saturated carbocycles. The van der Waals surface area contributed by atoms with Crippen molar-refractivity contribution in [3.8, 4) is 0 Å². The van der Waals surface area contributed by atoms with E-state index in [2.05, 4.69) is 53.7 Å². The van der Waals surface area contributed by atoms with Crippen LogP contribution in [-0.4, -0.2) is 25.6 Å². The molecule has 2 rings (SSSR count). The van der Waals surface area contributed by atoms with Crippen LogP contribution in [0.1, 0.15) is 50.2 Å². The van der Waals surface area contributed by atoms with Crippen molar-refractivity contribution < 1.29 is 0 Å². The zero-order valence-corrected chi connectivity index (χ0v) is 15.7. The van der Waals surface area contributed by atoms with Crippen LogP contribution in [0.5, 0.6) is 0 Å². The summed E-state index contributed by atoms with van der Waals surface area (Å²) in [5.74, 6) is 1.53. The number of fused-ring (bicyclic) bond motifs is 1. The number of nitrogens with zero attached hydrogens (tertiary/aromatic N) is 1. The quantitative estimate of drug-likeness (QED) is 0.459. The monoisotopic (exact) mass is 401 g/mol. The van der Waals surface area contributed by atoms with E-state index < -0.39 is 0 Å². The first-order chi connectivity index (χ1) is 9.74. The molecule has 0 fully saturated rings.